The van der Waals surface area contributed by atoms with Gasteiger partial charge in [-0.25, -0.2) is 0 Å². The number of rotatable bonds is 6. The molecule has 0 bridgehead atoms. The van der Waals surface area contributed by atoms with Crippen molar-refractivity contribution in [2.75, 3.05) is 6.61 Å². The van der Waals surface area contributed by atoms with Gasteiger partial charge in [-0.2, -0.15) is 0 Å². The van der Waals surface area contributed by atoms with E-state index in [1.807, 2.05) is 32.9 Å². The molecule has 3 N–H and O–H groups in total. The van der Waals surface area contributed by atoms with Gasteiger partial charge in [0.2, 0.25) is 5.91 Å². The van der Waals surface area contributed by atoms with Crippen LogP contribution in [-0.2, 0) is 16.0 Å². The number of phenols is 1. The topological polar surface area (TPSA) is 88.0 Å². The van der Waals surface area contributed by atoms with E-state index in [-0.39, 0.29) is 23.7 Å². The van der Waals surface area contributed by atoms with Crippen molar-refractivity contribution in [2.24, 2.45) is 5.92 Å². The average molecular weight is 416 g/mol. The number of carbonyl (C=O) groups is 1. The van der Waals surface area contributed by atoms with E-state index in [2.05, 4.69) is 11.9 Å². The Labute approximate surface area is 178 Å². The summed E-state index contributed by atoms with van der Waals surface area (Å²) in [5.41, 5.74) is 1.90. The molecule has 0 unspecified atom stereocenters. The minimum atomic E-state index is -0.726. The lowest BCUT2D eigenvalue weighted by atomic mass is 9.68. The summed E-state index contributed by atoms with van der Waals surface area (Å²) in [5, 5.41) is 24.5. The first-order valence-corrected chi connectivity index (χ1v) is 10.6. The molecular weight excluding hydrogens is 382 g/mol. The highest BCUT2D eigenvalue weighted by Crippen LogP contribution is 2.48. The van der Waals surface area contributed by atoms with E-state index in [0.29, 0.717) is 30.8 Å². The lowest BCUT2D eigenvalue weighted by Gasteiger charge is -2.52. The Bertz CT molecular complexity index is 848. The van der Waals surface area contributed by atoms with Crippen LogP contribution >= 0.6 is 0 Å². The van der Waals surface area contributed by atoms with Crippen LogP contribution < -0.4 is 10.1 Å². The van der Waals surface area contributed by atoms with Crippen LogP contribution in [0.4, 0.5) is 0 Å². The van der Waals surface area contributed by atoms with E-state index in [0.717, 1.165) is 17.6 Å². The van der Waals surface area contributed by atoms with Gasteiger partial charge < -0.3 is 25.0 Å². The van der Waals surface area contributed by atoms with Crippen molar-refractivity contribution < 1.29 is 24.5 Å². The predicted octanol–water partition coefficient (Wildman–Crippen LogP) is 3.57. The zero-order chi connectivity index (χ0) is 22.1. The first kappa shape index (κ1) is 22.4. The van der Waals surface area contributed by atoms with Gasteiger partial charge in [-0.15, -0.1) is 6.58 Å². The highest BCUT2D eigenvalue weighted by molar-refractivity contribution is 5.74. The number of aliphatic hydroxyl groups is 1. The van der Waals surface area contributed by atoms with Gasteiger partial charge in [-0.05, 0) is 56.9 Å². The minimum Gasteiger partial charge on any atom is -0.504 e. The number of ether oxygens (including phenoxy) is 2. The molecule has 1 aliphatic carbocycles. The lowest BCUT2D eigenvalue weighted by molar-refractivity contribution is -0.165. The molecule has 164 valence electrons. The fraction of sp³-hybridized carbons (Fsp3) is 0.542. The second-order valence-electron chi connectivity index (χ2n) is 8.58. The number of aromatic hydroxyl groups is 1. The molecule has 3 rings (SSSR count). The van der Waals surface area contributed by atoms with Crippen LogP contribution in [0.25, 0.3) is 0 Å². The Kier molecular flexibility index (Phi) is 6.58. The maximum atomic E-state index is 12.0. The Morgan fingerprint density at radius 2 is 2.20 bits per heavy atom. The maximum Gasteiger partial charge on any atom is 0.217 e. The third-order valence-corrected chi connectivity index (χ3v) is 6.29. The van der Waals surface area contributed by atoms with E-state index in [1.165, 1.54) is 6.92 Å². The molecular formula is C24H33NO5. The van der Waals surface area contributed by atoms with Crippen LogP contribution in [0, 0.1) is 5.92 Å². The fourth-order valence-corrected chi connectivity index (χ4v) is 4.81. The van der Waals surface area contributed by atoms with E-state index < -0.39 is 17.7 Å². The standard InChI is InChI=1S/C24H33NO5/c1-6-8-16-11-17(12-19(22(16)28)29-7-2)20-13-24(5,25-15(4)26)18-10-9-14(3)21(27)23(18)30-20/h6,9,11-12,18,20-21,23,27-28H,1,7-8,10,13H2,2-5H3,(H,25,26)/t18-,20+,21-,23-,24-/m1/s1. The van der Waals surface area contributed by atoms with E-state index in [4.69, 9.17) is 9.47 Å². The van der Waals surface area contributed by atoms with Gasteiger partial charge >= 0.3 is 0 Å². The van der Waals surface area contributed by atoms with Crippen LogP contribution in [0.3, 0.4) is 0 Å². The number of phenolic OH excluding ortho intramolecular Hbond substituents is 1. The SMILES string of the molecule is C=CCc1cc([C@@H]2C[C@@](C)(NC(C)=O)[C@@H]3CC=C(C)[C@@H](O)[C@@H]3O2)cc(OCC)c1O. The van der Waals surface area contributed by atoms with Crippen LogP contribution in [0.5, 0.6) is 11.5 Å². The molecule has 1 saturated heterocycles. The monoisotopic (exact) mass is 415 g/mol. The number of fused-ring (bicyclic) bond motifs is 1. The number of allylic oxidation sites excluding steroid dienone is 2. The van der Waals surface area contributed by atoms with Gasteiger partial charge in [0.05, 0.1) is 18.8 Å². The van der Waals surface area contributed by atoms with Gasteiger partial charge in [0, 0.05) is 30.4 Å². The smallest absolute Gasteiger partial charge is 0.217 e. The van der Waals surface area contributed by atoms with Crippen molar-refractivity contribution in [1.29, 1.82) is 0 Å². The van der Waals surface area contributed by atoms with Crippen LogP contribution in [-0.4, -0.2) is 40.5 Å². The number of amides is 1. The molecule has 0 spiro atoms. The molecule has 1 aromatic rings. The summed E-state index contributed by atoms with van der Waals surface area (Å²) < 4.78 is 12.1. The van der Waals surface area contributed by atoms with Gasteiger partial charge in [0.1, 0.15) is 6.10 Å². The zero-order valence-electron chi connectivity index (χ0n) is 18.3. The molecule has 30 heavy (non-hydrogen) atoms. The number of nitrogens with one attached hydrogen (secondary N) is 1. The number of benzene rings is 1. The highest BCUT2D eigenvalue weighted by atomic mass is 16.5. The largest absolute Gasteiger partial charge is 0.504 e. The Balaban J connectivity index is 2.04. The molecule has 6 heteroatoms. The molecule has 0 saturated carbocycles. The molecule has 1 heterocycles. The number of hydrogen-bond acceptors (Lipinski definition) is 5. The van der Waals surface area contributed by atoms with E-state index in [1.54, 1.807) is 12.1 Å². The van der Waals surface area contributed by atoms with Crippen LogP contribution in [0.2, 0.25) is 0 Å². The van der Waals surface area contributed by atoms with Gasteiger partial charge in [-0.1, -0.05) is 12.2 Å². The Morgan fingerprint density at radius 1 is 1.47 bits per heavy atom. The molecule has 0 aromatic heterocycles. The summed E-state index contributed by atoms with van der Waals surface area (Å²) in [6, 6.07) is 3.69. The lowest BCUT2D eigenvalue weighted by Crippen LogP contribution is -2.62. The summed E-state index contributed by atoms with van der Waals surface area (Å²) >= 11 is 0. The molecule has 1 aliphatic heterocycles. The summed E-state index contributed by atoms with van der Waals surface area (Å²) in [4.78, 5) is 12.0. The number of hydrogen-bond donors (Lipinski definition) is 3. The molecule has 0 radical (unpaired) electrons. The van der Waals surface area contributed by atoms with Crippen LogP contribution in [0.15, 0.2) is 36.4 Å². The van der Waals surface area contributed by atoms with Gasteiger partial charge in [-0.3, -0.25) is 4.79 Å². The van der Waals surface area contributed by atoms with Gasteiger partial charge in [0.15, 0.2) is 11.5 Å². The first-order valence-electron chi connectivity index (χ1n) is 10.6. The second kappa shape index (κ2) is 8.82. The van der Waals surface area contributed by atoms with E-state index in [9.17, 15) is 15.0 Å². The highest BCUT2D eigenvalue weighted by Gasteiger charge is 2.51. The molecule has 2 aliphatic rings. The summed E-state index contributed by atoms with van der Waals surface area (Å²) in [7, 11) is 0. The molecule has 1 aromatic carbocycles. The van der Waals surface area contributed by atoms with Crippen molar-refractivity contribution >= 4 is 5.91 Å². The van der Waals surface area contributed by atoms with Crippen molar-refractivity contribution in [3.8, 4) is 11.5 Å². The number of aliphatic hydroxyl groups excluding tert-OH is 1. The third-order valence-electron chi connectivity index (χ3n) is 6.29. The molecule has 5 atom stereocenters. The third kappa shape index (κ3) is 4.25. The average Bonchev–Trinajstić information content (AvgIpc) is 2.67. The maximum absolute atomic E-state index is 12.0. The zero-order valence-corrected chi connectivity index (χ0v) is 18.3. The quantitative estimate of drug-likeness (QED) is 0.618. The number of carbonyl (C=O) groups excluding carboxylic acids is 1. The predicted molar refractivity (Wildman–Crippen MR) is 116 cm³/mol. The molecule has 1 amide bonds. The summed E-state index contributed by atoms with van der Waals surface area (Å²) in [6.07, 6.45) is 4.01. The minimum absolute atomic E-state index is 0.0347. The first-order chi connectivity index (χ1) is 14.2. The molecule has 1 fully saturated rings. The van der Waals surface area contributed by atoms with Crippen molar-refractivity contribution in [1.82, 2.24) is 5.32 Å². The molecule has 6 nitrogen and oxygen atoms in total. The van der Waals surface area contributed by atoms with Crippen LogP contribution in [0.1, 0.15) is 57.8 Å². The summed E-state index contributed by atoms with van der Waals surface area (Å²) in [5.74, 6) is 0.368. The normalized spacial score (nSPS) is 30.8. The summed E-state index contributed by atoms with van der Waals surface area (Å²) in [6.45, 7) is 11.5. The van der Waals surface area contributed by atoms with Crippen molar-refractivity contribution in [3.05, 3.63) is 47.6 Å². The van der Waals surface area contributed by atoms with Crippen molar-refractivity contribution in [3.63, 3.8) is 0 Å². The van der Waals surface area contributed by atoms with Crippen molar-refractivity contribution in [2.45, 2.75) is 70.8 Å². The van der Waals surface area contributed by atoms with E-state index >= 15 is 0 Å². The fourth-order valence-electron chi connectivity index (χ4n) is 4.81. The Morgan fingerprint density at radius 3 is 2.83 bits per heavy atom. The second-order valence-corrected chi connectivity index (χ2v) is 8.58. The Hall–Kier alpha value is -2.31. The van der Waals surface area contributed by atoms with Gasteiger partial charge in [0.25, 0.3) is 0 Å².